The Bertz CT molecular complexity index is 194. The zero-order chi connectivity index (χ0) is 9.52. The molecule has 2 nitrogen and oxygen atoms in total. The van der Waals surface area contributed by atoms with E-state index in [1.165, 1.54) is 30.5 Å². The highest BCUT2D eigenvalue weighted by Crippen LogP contribution is 2.14. The summed E-state index contributed by atoms with van der Waals surface area (Å²) in [6, 6.07) is 0. The molecule has 0 bridgehead atoms. The average Bonchev–Trinajstić information content (AvgIpc) is 2.14. The van der Waals surface area contributed by atoms with Crippen molar-refractivity contribution in [2.75, 3.05) is 6.61 Å². The van der Waals surface area contributed by atoms with Gasteiger partial charge in [0, 0.05) is 0 Å². The summed E-state index contributed by atoms with van der Waals surface area (Å²) in [5.74, 6) is 0. The maximum absolute atomic E-state index is 5.20. The Labute approximate surface area is 80.7 Å². The first-order valence-corrected chi connectivity index (χ1v) is 5.10. The molecule has 74 valence electrons. The van der Waals surface area contributed by atoms with Gasteiger partial charge >= 0.3 is 0 Å². The predicted molar refractivity (Wildman–Crippen MR) is 55.9 cm³/mol. The van der Waals surface area contributed by atoms with Crippen LogP contribution in [0.25, 0.3) is 0 Å². The third kappa shape index (κ3) is 4.71. The first-order valence-electron chi connectivity index (χ1n) is 5.10. The van der Waals surface area contributed by atoms with Crippen molar-refractivity contribution in [3.8, 4) is 0 Å². The van der Waals surface area contributed by atoms with Gasteiger partial charge in [0.25, 0.3) is 0 Å². The molecule has 0 aromatic rings. The zero-order valence-electron chi connectivity index (χ0n) is 8.68. The van der Waals surface area contributed by atoms with Crippen molar-refractivity contribution in [1.82, 2.24) is 0 Å². The Morgan fingerprint density at radius 2 is 2.00 bits per heavy atom. The van der Waals surface area contributed by atoms with Crippen molar-refractivity contribution < 1.29 is 4.84 Å². The van der Waals surface area contributed by atoms with Gasteiger partial charge in [-0.15, -0.1) is 0 Å². The molecular formula is C11H19NO. The van der Waals surface area contributed by atoms with Gasteiger partial charge in [-0.2, -0.15) is 0 Å². The molecule has 0 radical (unpaired) electrons. The van der Waals surface area contributed by atoms with Crippen molar-refractivity contribution in [3.63, 3.8) is 0 Å². The molecule has 1 aliphatic carbocycles. The highest BCUT2D eigenvalue weighted by Gasteiger charge is 2.06. The molecule has 0 aliphatic heterocycles. The van der Waals surface area contributed by atoms with E-state index in [1.807, 2.05) is 6.08 Å². The molecule has 1 rings (SSSR count). The van der Waals surface area contributed by atoms with Crippen molar-refractivity contribution in [2.45, 2.75) is 46.0 Å². The van der Waals surface area contributed by atoms with Crippen LogP contribution in [-0.2, 0) is 4.84 Å². The molecule has 0 spiro atoms. The van der Waals surface area contributed by atoms with Crippen molar-refractivity contribution in [2.24, 2.45) is 5.16 Å². The molecular weight excluding hydrogens is 162 g/mol. The second-order valence-corrected chi connectivity index (χ2v) is 3.80. The van der Waals surface area contributed by atoms with E-state index >= 15 is 0 Å². The fourth-order valence-electron chi connectivity index (χ4n) is 1.38. The summed E-state index contributed by atoms with van der Waals surface area (Å²) in [6.07, 6.45) is 8.24. The summed E-state index contributed by atoms with van der Waals surface area (Å²) in [4.78, 5) is 5.20. The van der Waals surface area contributed by atoms with Crippen LogP contribution in [0, 0.1) is 0 Å². The first-order chi connectivity index (χ1) is 6.29. The van der Waals surface area contributed by atoms with E-state index in [-0.39, 0.29) is 0 Å². The predicted octanol–water partition coefficient (Wildman–Crippen LogP) is 3.29. The van der Waals surface area contributed by atoms with Crippen LogP contribution in [0.3, 0.4) is 0 Å². The average molecular weight is 181 g/mol. The topological polar surface area (TPSA) is 21.6 Å². The number of nitrogens with zero attached hydrogens (tertiary/aromatic N) is 1. The molecule has 1 aliphatic rings. The first kappa shape index (κ1) is 10.3. The largest absolute Gasteiger partial charge is 0.392 e. The van der Waals surface area contributed by atoms with E-state index in [0.29, 0.717) is 6.61 Å². The Balaban J connectivity index is 2.18. The minimum atomic E-state index is 0.617. The maximum Gasteiger partial charge on any atom is 0.135 e. The van der Waals surface area contributed by atoms with E-state index < -0.39 is 0 Å². The Morgan fingerprint density at radius 1 is 1.31 bits per heavy atom. The van der Waals surface area contributed by atoms with Crippen LogP contribution in [0.1, 0.15) is 46.0 Å². The van der Waals surface area contributed by atoms with Crippen LogP contribution in [0.5, 0.6) is 0 Å². The number of hydrogen-bond donors (Lipinski definition) is 0. The number of oxime groups is 1. The van der Waals surface area contributed by atoms with E-state index in [1.54, 1.807) is 0 Å². The van der Waals surface area contributed by atoms with E-state index in [4.69, 9.17) is 4.84 Å². The lowest BCUT2D eigenvalue weighted by Gasteiger charge is -2.10. The molecule has 0 aromatic carbocycles. The van der Waals surface area contributed by atoms with Crippen molar-refractivity contribution in [3.05, 3.63) is 11.6 Å². The van der Waals surface area contributed by atoms with Crippen LogP contribution in [-0.4, -0.2) is 12.3 Å². The second kappa shape index (κ2) is 5.79. The van der Waals surface area contributed by atoms with Gasteiger partial charge in [-0.3, -0.25) is 0 Å². The van der Waals surface area contributed by atoms with Gasteiger partial charge in [0.1, 0.15) is 6.61 Å². The minimum absolute atomic E-state index is 0.617. The number of rotatable bonds is 3. The van der Waals surface area contributed by atoms with Gasteiger partial charge in [-0.1, -0.05) is 17.1 Å². The summed E-state index contributed by atoms with van der Waals surface area (Å²) >= 11 is 0. The molecule has 1 saturated carbocycles. The highest BCUT2D eigenvalue weighted by atomic mass is 16.6. The van der Waals surface area contributed by atoms with Crippen LogP contribution < -0.4 is 0 Å². The Morgan fingerprint density at radius 3 is 2.62 bits per heavy atom. The van der Waals surface area contributed by atoms with Crippen LogP contribution in [0.15, 0.2) is 16.8 Å². The van der Waals surface area contributed by atoms with Crippen molar-refractivity contribution in [1.29, 1.82) is 0 Å². The normalized spacial score (nSPS) is 16.6. The van der Waals surface area contributed by atoms with Gasteiger partial charge in [0.2, 0.25) is 0 Å². The standard InChI is InChI=1S/C11H19NO/c1-10(2)8-9-13-12-11-6-4-3-5-7-11/h8H,3-7,9H2,1-2H3. The fourth-order valence-corrected chi connectivity index (χ4v) is 1.38. The SMILES string of the molecule is CC(C)=CCON=C1CCCCC1. The molecule has 0 N–H and O–H groups in total. The summed E-state index contributed by atoms with van der Waals surface area (Å²) in [5, 5.41) is 4.13. The van der Waals surface area contributed by atoms with Crippen LogP contribution in [0.4, 0.5) is 0 Å². The van der Waals surface area contributed by atoms with E-state index in [2.05, 4.69) is 19.0 Å². The van der Waals surface area contributed by atoms with Gasteiger partial charge in [0.15, 0.2) is 0 Å². The molecule has 0 saturated heterocycles. The molecule has 0 aromatic heterocycles. The lowest BCUT2D eigenvalue weighted by Crippen LogP contribution is -2.05. The highest BCUT2D eigenvalue weighted by molar-refractivity contribution is 5.84. The van der Waals surface area contributed by atoms with Crippen molar-refractivity contribution >= 4 is 5.71 Å². The molecule has 0 atom stereocenters. The molecule has 1 fully saturated rings. The molecule has 13 heavy (non-hydrogen) atoms. The zero-order valence-corrected chi connectivity index (χ0v) is 8.68. The molecule has 0 heterocycles. The summed E-state index contributed by atoms with van der Waals surface area (Å²) in [7, 11) is 0. The molecule has 0 unspecified atom stereocenters. The number of allylic oxidation sites excluding steroid dienone is 1. The summed E-state index contributed by atoms with van der Waals surface area (Å²) < 4.78 is 0. The summed E-state index contributed by atoms with van der Waals surface area (Å²) in [5.41, 5.74) is 2.53. The maximum atomic E-state index is 5.20. The van der Waals surface area contributed by atoms with E-state index in [9.17, 15) is 0 Å². The quantitative estimate of drug-likeness (QED) is 0.372. The monoisotopic (exact) mass is 181 g/mol. The second-order valence-electron chi connectivity index (χ2n) is 3.80. The third-order valence-corrected chi connectivity index (χ3v) is 2.19. The van der Waals surface area contributed by atoms with Crippen LogP contribution in [0.2, 0.25) is 0 Å². The smallest absolute Gasteiger partial charge is 0.135 e. The Kier molecular flexibility index (Phi) is 4.58. The van der Waals surface area contributed by atoms with Crippen LogP contribution >= 0.6 is 0 Å². The Hall–Kier alpha value is -0.790. The van der Waals surface area contributed by atoms with Gasteiger partial charge in [-0.25, -0.2) is 0 Å². The lowest BCUT2D eigenvalue weighted by molar-refractivity contribution is 0.172. The van der Waals surface area contributed by atoms with E-state index in [0.717, 1.165) is 12.8 Å². The molecule has 0 amide bonds. The third-order valence-electron chi connectivity index (χ3n) is 2.19. The van der Waals surface area contributed by atoms with Gasteiger partial charge in [0.05, 0.1) is 5.71 Å². The van der Waals surface area contributed by atoms with Gasteiger partial charge in [-0.05, 0) is 45.6 Å². The lowest BCUT2D eigenvalue weighted by atomic mass is 9.99. The fraction of sp³-hybridized carbons (Fsp3) is 0.727. The number of hydrogen-bond acceptors (Lipinski definition) is 2. The van der Waals surface area contributed by atoms with Gasteiger partial charge < -0.3 is 4.84 Å². The minimum Gasteiger partial charge on any atom is -0.392 e. The summed E-state index contributed by atoms with van der Waals surface area (Å²) in [6.45, 7) is 4.75. The molecule has 2 heteroatoms.